The van der Waals surface area contributed by atoms with Gasteiger partial charge >= 0.3 is 0 Å². The summed E-state index contributed by atoms with van der Waals surface area (Å²) in [5.74, 6) is 1.41. The Bertz CT molecular complexity index is 736. The molecule has 0 aromatic heterocycles. The summed E-state index contributed by atoms with van der Waals surface area (Å²) in [6.07, 6.45) is 0. The van der Waals surface area contributed by atoms with Gasteiger partial charge in [0.1, 0.15) is 18.0 Å². The van der Waals surface area contributed by atoms with Crippen molar-refractivity contribution >= 4 is 23.2 Å². The SMILES string of the molecule is COc1cccc(NC(=O)[C@H](C)[NH+](C)Cc2cc(Cl)ccc2OC)c1. The monoisotopic (exact) mass is 363 g/mol. The van der Waals surface area contributed by atoms with Crippen LogP contribution >= 0.6 is 11.6 Å². The highest BCUT2D eigenvalue weighted by atomic mass is 35.5. The van der Waals surface area contributed by atoms with Crippen LogP contribution in [0.1, 0.15) is 12.5 Å². The van der Waals surface area contributed by atoms with E-state index in [4.69, 9.17) is 21.1 Å². The van der Waals surface area contributed by atoms with Crippen LogP contribution in [0.2, 0.25) is 5.02 Å². The zero-order valence-electron chi connectivity index (χ0n) is 14.9. The van der Waals surface area contributed by atoms with Crippen LogP contribution in [-0.2, 0) is 11.3 Å². The van der Waals surface area contributed by atoms with E-state index >= 15 is 0 Å². The van der Waals surface area contributed by atoms with Crippen LogP contribution in [0.25, 0.3) is 0 Å². The Labute approximate surface area is 153 Å². The number of methoxy groups -OCH3 is 2. The Morgan fingerprint density at radius 3 is 2.64 bits per heavy atom. The first-order valence-electron chi connectivity index (χ1n) is 8.04. The second-order valence-electron chi connectivity index (χ2n) is 5.92. The van der Waals surface area contributed by atoms with Gasteiger partial charge in [-0.1, -0.05) is 17.7 Å². The first kappa shape index (κ1) is 19.1. The van der Waals surface area contributed by atoms with Gasteiger partial charge in [-0.2, -0.15) is 0 Å². The highest BCUT2D eigenvalue weighted by molar-refractivity contribution is 6.30. The van der Waals surface area contributed by atoms with Crippen LogP contribution in [0.15, 0.2) is 42.5 Å². The molecular weight excluding hydrogens is 340 g/mol. The molecule has 0 spiro atoms. The van der Waals surface area contributed by atoms with Gasteiger partial charge in [0.05, 0.1) is 21.3 Å². The topological polar surface area (TPSA) is 52.0 Å². The normalized spacial score (nSPS) is 13.0. The number of ether oxygens (including phenoxy) is 2. The van der Waals surface area contributed by atoms with E-state index in [2.05, 4.69) is 5.32 Å². The van der Waals surface area contributed by atoms with Gasteiger partial charge in [0.25, 0.3) is 5.91 Å². The minimum Gasteiger partial charge on any atom is -0.497 e. The van der Waals surface area contributed by atoms with Crippen LogP contribution in [0.3, 0.4) is 0 Å². The highest BCUT2D eigenvalue weighted by Gasteiger charge is 2.23. The van der Waals surface area contributed by atoms with Crippen molar-refractivity contribution in [2.45, 2.75) is 19.5 Å². The minimum atomic E-state index is -0.255. The van der Waals surface area contributed by atoms with Crippen LogP contribution < -0.4 is 19.7 Å². The van der Waals surface area contributed by atoms with E-state index < -0.39 is 0 Å². The standard InChI is InChI=1S/C19H23ClN2O3/c1-13(19(23)21-16-6-5-7-17(11-16)24-3)22(2)12-14-10-15(20)8-9-18(14)25-4/h5-11,13H,12H2,1-4H3,(H,21,23)/p+1/t13-/m0/s1. The Hall–Kier alpha value is -2.24. The van der Waals surface area contributed by atoms with Gasteiger partial charge in [0.2, 0.25) is 0 Å². The predicted octanol–water partition coefficient (Wildman–Crippen LogP) is 2.40. The van der Waals surface area contributed by atoms with Gasteiger partial charge in [-0.25, -0.2) is 0 Å². The molecule has 0 radical (unpaired) electrons. The fraction of sp³-hybridized carbons (Fsp3) is 0.316. The van der Waals surface area contributed by atoms with Crippen molar-refractivity contribution < 1.29 is 19.2 Å². The molecule has 0 saturated carbocycles. The molecule has 0 aliphatic carbocycles. The molecule has 0 fully saturated rings. The summed E-state index contributed by atoms with van der Waals surface area (Å²) in [6.45, 7) is 2.51. The maximum absolute atomic E-state index is 12.5. The summed E-state index contributed by atoms with van der Waals surface area (Å²) < 4.78 is 10.6. The minimum absolute atomic E-state index is 0.0632. The molecular formula is C19H24ClN2O3+. The molecule has 2 N–H and O–H groups in total. The number of halogens is 1. The molecule has 25 heavy (non-hydrogen) atoms. The van der Waals surface area contributed by atoms with E-state index in [1.54, 1.807) is 26.4 Å². The summed E-state index contributed by atoms with van der Waals surface area (Å²) >= 11 is 6.08. The lowest BCUT2D eigenvalue weighted by Gasteiger charge is -2.22. The zero-order chi connectivity index (χ0) is 18.4. The third-order valence-electron chi connectivity index (χ3n) is 4.18. The summed E-state index contributed by atoms with van der Waals surface area (Å²) in [6, 6.07) is 12.5. The second kappa shape index (κ2) is 8.74. The van der Waals surface area contributed by atoms with Crippen molar-refractivity contribution in [3.63, 3.8) is 0 Å². The number of anilines is 1. The molecule has 0 heterocycles. The lowest BCUT2D eigenvalue weighted by atomic mass is 10.1. The van der Waals surface area contributed by atoms with Gasteiger partial charge in [0, 0.05) is 22.3 Å². The number of likely N-dealkylation sites (N-methyl/N-ethyl adjacent to an activating group) is 1. The molecule has 0 bridgehead atoms. The third kappa shape index (κ3) is 5.11. The summed E-state index contributed by atoms with van der Waals surface area (Å²) in [5, 5.41) is 3.58. The highest BCUT2D eigenvalue weighted by Crippen LogP contribution is 2.22. The summed E-state index contributed by atoms with van der Waals surface area (Å²) in [5.41, 5.74) is 1.68. The molecule has 6 heteroatoms. The van der Waals surface area contributed by atoms with Crippen molar-refractivity contribution in [1.82, 2.24) is 0 Å². The Kier molecular flexibility index (Phi) is 6.67. The van der Waals surface area contributed by atoms with Crippen molar-refractivity contribution in [2.24, 2.45) is 0 Å². The number of rotatable bonds is 7. The number of nitrogens with one attached hydrogen (secondary N) is 2. The van der Waals surface area contributed by atoms with E-state index in [0.717, 1.165) is 16.2 Å². The van der Waals surface area contributed by atoms with E-state index in [0.29, 0.717) is 23.0 Å². The van der Waals surface area contributed by atoms with Crippen molar-refractivity contribution in [3.8, 4) is 11.5 Å². The van der Waals surface area contributed by atoms with Gasteiger partial charge in [-0.3, -0.25) is 4.79 Å². The smallest absolute Gasteiger partial charge is 0.282 e. The van der Waals surface area contributed by atoms with Crippen LogP contribution in [-0.4, -0.2) is 33.2 Å². The Balaban J connectivity index is 2.04. The molecule has 1 unspecified atom stereocenters. The quantitative estimate of drug-likeness (QED) is 0.794. The summed E-state index contributed by atoms with van der Waals surface area (Å²) in [7, 11) is 5.19. The van der Waals surface area contributed by atoms with E-state index in [1.165, 1.54) is 0 Å². The largest absolute Gasteiger partial charge is 0.497 e. The molecule has 134 valence electrons. The van der Waals surface area contributed by atoms with E-state index in [9.17, 15) is 4.79 Å². The molecule has 1 amide bonds. The lowest BCUT2D eigenvalue weighted by molar-refractivity contribution is -0.907. The predicted molar refractivity (Wildman–Crippen MR) is 99.7 cm³/mol. The van der Waals surface area contributed by atoms with Crippen molar-refractivity contribution in [2.75, 3.05) is 26.6 Å². The van der Waals surface area contributed by atoms with E-state index in [1.807, 2.05) is 44.3 Å². The molecule has 0 aliphatic rings. The van der Waals surface area contributed by atoms with Gasteiger partial charge in [-0.15, -0.1) is 0 Å². The van der Waals surface area contributed by atoms with Crippen LogP contribution in [0, 0.1) is 0 Å². The number of amides is 1. The second-order valence-corrected chi connectivity index (χ2v) is 6.36. The fourth-order valence-corrected chi connectivity index (χ4v) is 2.71. The average molecular weight is 364 g/mol. The number of hydrogen-bond donors (Lipinski definition) is 2. The molecule has 5 nitrogen and oxygen atoms in total. The first-order chi connectivity index (χ1) is 11.9. The molecule has 2 aromatic carbocycles. The van der Waals surface area contributed by atoms with Crippen molar-refractivity contribution in [1.29, 1.82) is 0 Å². The molecule has 2 rings (SSSR count). The average Bonchev–Trinajstić information content (AvgIpc) is 2.61. The van der Waals surface area contributed by atoms with Gasteiger partial charge in [0.15, 0.2) is 6.04 Å². The zero-order valence-corrected chi connectivity index (χ0v) is 15.7. The van der Waals surface area contributed by atoms with Crippen molar-refractivity contribution in [3.05, 3.63) is 53.1 Å². The van der Waals surface area contributed by atoms with Gasteiger partial charge in [-0.05, 0) is 37.3 Å². The van der Waals surface area contributed by atoms with E-state index in [-0.39, 0.29) is 11.9 Å². The van der Waals surface area contributed by atoms with Crippen LogP contribution in [0.4, 0.5) is 5.69 Å². The molecule has 2 aromatic rings. The number of benzene rings is 2. The molecule has 0 saturated heterocycles. The number of quaternary nitrogens is 1. The Morgan fingerprint density at radius 2 is 1.96 bits per heavy atom. The lowest BCUT2D eigenvalue weighted by Crippen LogP contribution is -3.12. The Morgan fingerprint density at radius 1 is 1.20 bits per heavy atom. The number of carbonyl (C=O) groups is 1. The fourth-order valence-electron chi connectivity index (χ4n) is 2.51. The maximum Gasteiger partial charge on any atom is 0.282 e. The number of hydrogen-bond acceptors (Lipinski definition) is 3. The van der Waals surface area contributed by atoms with Crippen LogP contribution in [0.5, 0.6) is 11.5 Å². The molecule has 0 aliphatic heterocycles. The number of carbonyl (C=O) groups excluding carboxylic acids is 1. The molecule has 2 atom stereocenters. The third-order valence-corrected chi connectivity index (χ3v) is 4.42. The maximum atomic E-state index is 12.5. The van der Waals surface area contributed by atoms with Gasteiger partial charge < -0.3 is 19.7 Å². The summed E-state index contributed by atoms with van der Waals surface area (Å²) in [4.78, 5) is 13.6. The first-order valence-corrected chi connectivity index (χ1v) is 8.42.